The first-order valence-corrected chi connectivity index (χ1v) is 13.9. The zero-order chi connectivity index (χ0) is 27.7. The van der Waals surface area contributed by atoms with E-state index in [0.717, 1.165) is 36.2 Å². The zero-order valence-electron chi connectivity index (χ0n) is 21.9. The number of pyridine rings is 1. The maximum atomic E-state index is 13.2. The molecule has 2 aliphatic heterocycles. The van der Waals surface area contributed by atoms with Crippen molar-refractivity contribution < 1.29 is 18.0 Å². The number of carbonyl (C=O) groups is 1. The van der Waals surface area contributed by atoms with E-state index < -0.39 is 11.7 Å². The average Bonchev–Trinajstić information content (AvgIpc) is 3.31. The van der Waals surface area contributed by atoms with Crippen LogP contribution in [0.5, 0.6) is 0 Å². The molecule has 5 rings (SSSR count). The lowest BCUT2D eigenvalue weighted by Crippen LogP contribution is -2.50. The molecule has 39 heavy (non-hydrogen) atoms. The monoisotopic (exact) mass is 557 g/mol. The van der Waals surface area contributed by atoms with Gasteiger partial charge in [0.1, 0.15) is 5.82 Å². The fourth-order valence-corrected chi connectivity index (χ4v) is 5.64. The van der Waals surface area contributed by atoms with Gasteiger partial charge < -0.3 is 14.9 Å². The summed E-state index contributed by atoms with van der Waals surface area (Å²) in [7, 11) is 0. The zero-order valence-corrected chi connectivity index (χ0v) is 22.7. The van der Waals surface area contributed by atoms with Crippen molar-refractivity contribution in [2.45, 2.75) is 58.0 Å². The van der Waals surface area contributed by atoms with Gasteiger partial charge in [0.2, 0.25) is 5.95 Å². The Bertz CT molecular complexity index is 1370. The quantitative estimate of drug-likeness (QED) is 0.377. The van der Waals surface area contributed by atoms with E-state index in [0.29, 0.717) is 42.3 Å². The maximum absolute atomic E-state index is 13.2. The van der Waals surface area contributed by atoms with Crippen LogP contribution in [0.3, 0.4) is 0 Å². The van der Waals surface area contributed by atoms with E-state index in [4.69, 9.17) is 0 Å². The number of benzene rings is 1. The van der Waals surface area contributed by atoms with E-state index in [1.54, 1.807) is 37.5 Å². The number of hydrogen-bond donors (Lipinski definition) is 2. The third kappa shape index (κ3) is 6.11. The fourth-order valence-electron chi connectivity index (χ4n) is 5.32. The molecule has 3 aromatic rings. The molecule has 1 unspecified atom stereocenters. The number of anilines is 3. The Labute approximate surface area is 229 Å². The van der Waals surface area contributed by atoms with Crippen molar-refractivity contribution in [3.05, 3.63) is 70.7 Å². The molecule has 1 aromatic carbocycles. The summed E-state index contributed by atoms with van der Waals surface area (Å²) in [6, 6.07) is 7.70. The Morgan fingerprint density at radius 2 is 1.97 bits per heavy atom. The summed E-state index contributed by atoms with van der Waals surface area (Å²) in [6.45, 7) is 5.69. The van der Waals surface area contributed by atoms with Gasteiger partial charge in [-0.15, -0.1) is 0 Å². The highest BCUT2D eigenvalue weighted by atomic mass is 32.2. The minimum absolute atomic E-state index is 0.00335. The topological polar surface area (TPSA) is 86.3 Å². The third-order valence-corrected chi connectivity index (χ3v) is 7.59. The molecule has 206 valence electrons. The van der Waals surface area contributed by atoms with Crippen LogP contribution in [0.2, 0.25) is 0 Å². The molecular weight excluding hydrogens is 527 g/mol. The standard InChI is InChI=1S/C27H30F3N7OS/c1-16-8-20(27(28,29)30)12-21(9-16)33-26-32-13-19-14-36(15-23(19)34-26)22-5-7-37(17(2)10-22)25(38)18-4-6-31-24(11-18)35-39-3/h4,6,8-9,11-13,17,22H,5,7,10,14-15H2,1-3H3,(H,31,35)(H,32,33,34)/t17-,22?/m1/s1. The van der Waals surface area contributed by atoms with Crippen molar-refractivity contribution in [2.24, 2.45) is 0 Å². The largest absolute Gasteiger partial charge is 0.416 e. The van der Waals surface area contributed by atoms with E-state index in [2.05, 4.69) is 36.8 Å². The van der Waals surface area contributed by atoms with Crippen LogP contribution in [0.4, 0.5) is 30.6 Å². The average molecular weight is 558 g/mol. The van der Waals surface area contributed by atoms with E-state index >= 15 is 0 Å². The van der Waals surface area contributed by atoms with Crippen LogP contribution in [0, 0.1) is 6.92 Å². The van der Waals surface area contributed by atoms with Gasteiger partial charge in [-0.2, -0.15) is 13.2 Å². The number of piperidine rings is 1. The number of amides is 1. The Morgan fingerprint density at radius 1 is 1.15 bits per heavy atom. The number of alkyl halides is 3. The summed E-state index contributed by atoms with van der Waals surface area (Å²) in [5.41, 5.74) is 2.59. The van der Waals surface area contributed by atoms with E-state index in [-0.39, 0.29) is 23.9 Å². The number of halogens is 3. The molecule has 0 saturated carbocycles. The summed E-state index contributed by atoms with van der Waals surface area (Å²) in [5, 5.41) is 2.94. The number of aryl methyl sites for hydroxylation is 1. The van der Waals surface area contributed by atoms with Crippen molar-refractivity contribution >= 4 is 35.3 Å². The van der Waals surface area contributed by atoms with Crippen LogP contribution in [0.25, 0.3) is 0 Å². The number of rotatable bonds is 6. The van der Waals surface area contributed by atoms with Crippen LogP contribution in [0.15, 0.2) is 42.7 Å². The number of aromatic nitrogens is 3. The molecule has 1 saturated heterocycles. The Balaban J connectivity index is 1.22. The van der Waals surface area contributed by atoms with E-state index in [1.165, 1.54) is 11.9 Å². The normalized spacial score (nSPS) is 19.6. The van der Waals surface area contributed by atoms with Crippen molar-refractivity contribution in [3.63, 3.8) is 0 Å². The maximum Gasteiger partial charge on any atom is 0.416 e. The van der Waals surface area contributed by atoms with Crippen LogP contribution >= 0.6 is 11.9 Å². The molecule has 12 heteroatoms. The second-order valence-corrected chi connectivity index (χ2v) is 10.7. The molecular formula is C27H30F3N7OS. The van der Waals surface area contributed by atoms with E-state index in [9.17, 15) is 18.0 Å². The van der Waals surface area contributed by atoms with Crippen molar-refractivity contribution in [1.82, 2.24) is 24.8 Å². The van der Waals surface area contributed by atoms with Gasteiger partial charge in [-0.25, -0.2) is 15.0 Å². The first-order valence-electron chi connectivity index (χ1n) is 12.7. The molecule has 4 heterocycles. The smallest absolute Gasteiger partial charge is 0.336 e. The van der Waals surface area contributed by atoms with Gasteiger partial charge in [0.15, 0.2) is 0 Å². The molecule has 2 aromatic heterocycles. The van der Waals surface area contributed by atoms with Gasteiger partial charge in [-0.3, -0.25) is 9.69 Å². The van der Waals surface area contributed by atoms with Gasteiger partial charge in [-0.05, 0) is 62.6 Å². The van der Waals surface area contributed by atoms with Crippen LogP contribution in [-0.2, 0) is 19.3 Å². The fraction of sp³-hybridized carbons (Fsp3) is 0.407. The van der Waals surface area contributed by atoms with Crippen molar-refractivity contribution in [1.29, 1.82) is 0 Å². The summed E-state index contributed by atoms with van der Waals surface area (Å²) in [4.78, 5) is 30.7. The van der Waals surface area contributed by atoms with Crippen LogP contribution in [-0.4, -0.2) is 55.5 Å². The van der Waals surface area contributed by atoms with Crippen LogP contribution in [0.1, 0.15) is 52.5 Å². The van der Waals surface area contributed by atoms with Gasteiger partial charge in [-0.1, -0.05) is 11.9 Å². The molecule has 0 bridgehead atoms. The number of hydrogen-bond acceptors (Lipinski definition) is 8. The van der Waals surface area contributed by atoms with Gasteiger partial charge >= 0.3 is 6.18 Å². The summed E-state index contributed by atoms with van der Waals surface area (Å²) in [6.07, 6.45) is 2.54. The van der Waals surface area contributed by atoms with Crippen LogP contribution < -0.4 is 10.0 Å². The number of carbonyl (C=O) groups excluding carboxylic acids is 1. The van der Waals surface area contributed by atoms with Gasteiger partial charge in [0.25, 0.3) is 5.91 Å². The highest BCUT2D eigenvalue weighted by Gasteiger charge is 2.35. The highest BCUT2D eigenvalue weighted by molar-refractivity contribution is 7.99. The predicted octanol–water partition coefficient (Wildman–Crippen LogP) is 5.64. The first kappa shape index (κ1) is 27.2. The lowest BCUT2D eigenvalue weighted by atomic mass is 9.96. The molecule has 8 nitrogen and oxygen atoms in total. The van der Waals surface area contributed by atoms with E-state index in [1.807, 2.05) is 11.2 Å². The minimum Gasteiger partial charge on any atom is -0.336 e. The lowest BCUT2D eigenvalue weighted by molar-refractivity contribution is -0.137. The number of fused-ring (bicyclic) bond motifs is 1. The van der Waals surface area contributed by atoms with Gasteiger partial charge in [0.05, 0.1) is 11.3 Å². The first-order chi connectivity index (χ1) is 18.6. The third-order valence-electron chi connectivity index (χ3n) is 7.18. The summed E-state index contributed by atoms with van der Waals surface area (Å²) >= 11 is 1.43. The Morgan fingerprint density at radius 3 is 2.72 bits per heavy atom. The van der Waals surface area contributed by atoms with Crippen molar-refractivity contribution in [2.75, 3.05) is 22.8 Å². The molecule has 2 aliphatic rings. The minimum atomic E-state index is -4.42. The lowest BCUT2D eigenvalue weighted by Gasteiger charge is -2.41. The molecule has 2 N–H and O–H groups in total. The number of nitrogens with zero attached hydrogens (tertiary/aromatic N) is 5. The molecule has 2 atom stereocenters. The second-order valence-electron chi connectivity index (χ2n) is 10.0. The van der Waals surface area contributed by atoms with Crippen molar-refractivity contribution in [3.8, 4) is 0 Å². The SMILES string of the molecule is CSNc1cc(C(=O)N2CCC(N3Cc4cnc(Nc5cc(C)cc(C(F)(F)F)c5)nc4C3)C[C@H]2C)ccn1. The number of nitrogens with one attached hydrogen (secondary N) is 2. The van der Waals surface area contributed by atoms with Gasteiger partial charge in [0, 0.05) is 67.2 Å². The molecule has 0 aliphatic carbocycles. The Kier molecular flexibility index (Phi) is 7.68. The molecule has 1 amide bonds. The predicted molar refractivity (Wildman–Crippen MR) is 146 cm³/mol. The number of likely N-dealkylation sites (tertiary alicyclic amines) is 1. The Hall–Kier alpha value is -3.38. The second kappa shape index (κ2) is 11.0. The summed E-state index contributed by atoms with van der Waals surface area (Å²) in [5.74, 6) is 0.934. The highest BCUT2D eigenvalue weighted by Crippen LogP contribution is 2.33. The summed E-state index contributed by atoms with van der Waals surface area (Å²) < 4.78 is 42.7. The molecule has 1 fully saturated rings. The molecule has 0 radical (unpaired) electrons. The molecule has 0 spiro atoms.